The van der Waals surface area contributed by atoms with E-state index in [0.29, 0.717) is 30.4 Å². The molecule has 1 aromatic rings. The number of nitrogens with zero attached hydrogens (tertiary/aromatic N) is 1. The fourth-order valence-corrected chi connectivity index (χ4v) is 4.92. The van der Waals surface area contributed by atoms with Crippen LogP contribution in [-0.4, -0.2) is 32.9 Å². The molecule has 0 spiro atoms. The van der Waals surface area contributed by atoms with Gasteiger partial charge in [0.15, 0.2) is 0 Å². The van der Waals surface area contributed by atoms with Gasteiger partial charge in [-0.3, -0.25) is 0 Å². The molecule has 1 unspecified atom stereocenters. The molecule has 1 aliphatic rings. The highest BCUT2D eigenvalue weighted by molar-refractivity contribution is 7.89. The van der Waals surface area contributed by atoms with Gasteiger partial charge in [-0.15, -0.1) is 0 Å². The first-order chi connectivity index (χ1) is 10.0. The molecule has 1 atom stereocenters. The maximum Gasteiger partial charge on any atom is 0.243 e. The van der Waals surface area contributed by atoms with Crippen LogP contribution in [0.25, 0.3) is 0 Å². The van der Waals surface area contributed by atoms with Gasteiger partial charge >= 0.3 is 0 Å². The highest BCUT2D eigenvalue weighted by atomic mass is 32.2. The van der Waals surface area contributed by atoms with Crippen LogP contribution >= 0.6 is 0 Å². The lowest BCUT2D eigenvalue weighted by Gasteiger charge is -2.19. The second-order valence-corrected chi connectivity index (χ2v) is 7.78. The summed E-state index contributed by atoms with van der Waals surface area (Å²) in [6.07, 6.45) is 3.22. The molecule has 1 heterocycles. The Morgan fingerprint density at radius 2 is 2.14 bits per heavy atom. The van der Waals surface area contributed by atoms with Gasteiger partial charge in [-0.1, -0.05) is 25.5 Å². The Balaban J connectivity index is 2.26. The zero-order valence-corrected chi connectivity index (χ0v) is 14.0. The monoisotopic (exact) mass is 310 g/mol. The number of nitrogens with one attached hydrogen (secondary N) is 1. The summed E-state index contributed by atoms with van der Waals surface area (Å²) in [6, 6.07) is 5.55. The summed E-state index contributed by atoms with van der Waals surface area (Å²) in [5.74, 6) is 0.519. The van der Waals surface area contributed by atoms with Crippen molar-refractivity contribution in [2.24, 2.45) is 5.92 Å². The molecule has 1 saturated heterocycles. The Bertz CT molecular complexity index is 584. The van der Waals surface area contributed by atoms with Crippen LogP contribution in [0.3, 0.4) is 0 Å². The molecule has 21 heavy (non-hydrogen) atoms. The molecule has 1 aromatic carbocycles. The molecule has 0 amide bonds. The first-order valence-corrected chi connectivity index (χ1v) is 9.18. The molecule has 0 aromatic heterocycles. The van der Waals surface area contributed by atoms with E-state index in [2.05, 4.69) is 12.2 Å². The summed E-state index contributed by atoms with van der Waals surface area (Å²) in [5, 5.41) is 3.09. The van der Waals surface area contributed by atoms with Gasteiger partial charge in [-0.2, -0.15) is 4.31 Å². The minimum absolute atomic E-state index is 0.465. The number of rotatable bonds is 6. The van der Waals surface area contributed by atoms with Gasteiger partial charge in [0, 0.05) is 19.6 Å². The zero-order valence-electron chi connectivity index (χ0n) is 13.2. The van der Waals surface area contributed by atoms with Crippen molar-refractivity contribution in [2.75, 3.05) is 20.1 Å². The first kappa shape index (κ1) is 16.5. The van der Waals surface area contributed by atoms with E-state index in [4.69, 9.17) is 0 Å². The van der Waals surface area contributed by atoms with Crippen LogP contribution in [0.2, 0.25) is 0 Å². The van der Waals surface area contributed by atoms with Crippen molar-refractivity contribution >= 4 is 10.0 Å². The van der Waals surface area contributed by atoms with Crippen molar-refractivity contribution in [1.29, 1.82) is 0 Å². The second-order valence-electron chi connectivity index (χ2n) is 5.88. The van der Waals surface area contributed by atoms with Crippen molar-refractivity contribution in [3.63, 3.8) is 0 Å². The van der Waals surface area contributed by atoms with Crippen LogP contribution in [-0.2, 0) is 16.6 Å². The Hall–Kier alpha value is -0.910. The minimum Gasteiger partial charge on any atom is -0.316 e. The molecule has 0 radical (unpaired) electrons. The number of benzene rings is 1. The Labute approximate surface area is 128 Å². The third kappa shape index (κ3) is 3.47. The molecule has 1 aliphatic heterocycles. The Kier molecular flexibility index (Phi) is 5.41. The Morgan fingerprint density at radius 1 is 1.38 bits per heavy atom. The van der Waals surface area contributed by atoms with E-state index in [1.54, 1.807) is 10.4 Å². The zero-order chi connectivity index (χ0) is 15.5. The van der Waals surface area contributed by atoms with Gasteiger partial charge in [0.25, 0.3) is 0 Å². The van der Waals surface area contributed by atoms with E-state index in [-0.39, 0.29) is 0 Å². The van der Waals surface area contributed by atoms with Crippen molar-refractivity contribution in [1.82, 2.24) is 9.62 Å². The predicted octanol–water partition coefficient (Wildman–Crippen LogP) is 2.53. The van der Waals surface area contributed by atoms with E-state index >= 15 is 0 Å². The van der Waals surface area contributed by atoms with Crippen LogP contribution in [0.15, 0.2) is 23.1 Å². The lowest BCUT2D eigenvalue weighted by molar-refractivity contribution is 0.444. The van der Waals surface area contributed by atoms with Gasteiger partial charge < -0.3 is 5.32 Å². The summed E-state index contributed by atoms with van der Waals surface area (Å²) in [6.45, 7) is 6.07. The van der Waals surface area contributed by atoms with Gasteiger partial charge in [0.1, 0.15) is 0 Å². The lowest BCUT2D eigenvalue weighted by Crippen LogP contribution is -2.29. The van der Waals surface area contributed by atoms with E-state index in [1.165, 1.54) is 0 Å². The molecule has 1 fully saturated rings. The normalized spacial score (nSPS) is 20.0. The van der Waals surface area contributed by atoms with Crippen LogP contribution in [0.1, 0.15) is 37.3 Å². The van der Waals surface area contributed by atoms with Gasteiger partial charge in [-0.05, 0) is 49.9 Å². The van der Waals surface area contributed by atoms with Crippen molar-refractivity contribution in [3.05, 3.63) is 29.3 Å². The van der Waals surface area contributed by atoms with Gasteiger partial charge in [-0.25, -0.2) is 8.42 Å². The summed E-state index contributed by atoms with van der Waals surface area (Å²) in [5.41, 5.74) is 1.91. The summed E-state index contributed by atoms with van der Waals surface area (Å²) >= 11 is 0. The molecule has 118 valence electrons. The van der Waals surface area contributed by atoms with E-state index in [9.17, 15) is 8.42 Å². The average molecular weight is 310 g/mol. The van der Waals surface area contributed by atoms with Crippen molar-refractivity contribution in [3.8, 4) is 0 Å². The Morgan fingerprint density at radius 3 is 2.81 bits per heavy atom. The topological polar surface area (TPSA) is 49.4 Å². The molecule has 4 nitrogen and oxygen atoms in total. The average Bonchev–Trinajstić information content (AvgIpc) is 2.91. The fraction of sp³-hybridized carbons (Fsp3) is 0.625. The maximum atomic E-state index is 12.9. The van der Waals surface area contributed by atoms with Crippen molar-refractivity contribution in [2.45, 2.75) is 44.6 Å². The van der Waals surface area contributed by atoms with Gasteiger partial charge in [0.2, 0.25) is 10.0 Å². The van der Waals surface area contributed by atoms with Crippen LogP contribution in [0.5, 0.6) is 0 Å². The minimum atomic E-state index is -3.36. The third-order valence-corrected chi connectivity index (χ3v) is 6.34. The summed E-state index contributed by atoms with van der Waals surface area (Å²) in [4.78, 5) is 0.465. The highest BCUT2D eigenvalue weighted by Crippen LogP contribution is 2.29. The number of hydrogen-bond acceptors (Lipinski definition) is 3. The number of hydrogen-bond donors (Lipinski definition) is 1. The van der Waals surface area contributed by atoms with E-state index < -0.39 is 10.0 Å². The summed E-state index contributed by atoms with van der Waals surface area (Å²) in [7, 11) is -1.48. The predicted molar refractivity (Wildman–Crippen MR) is 85.7 cm³/mol. The smallest absolute Gasteiger partial charge is 0.243 e. The second kappa shape index (κ2) is 6.90. The lowest BCUT2D eigenvalue weighted by atomic mass is 10.0. The van der Waals surface area contributed by atoms with Crippen LogP contribution in [0, 0.1) is 12.8 Å². The molecule has 0 saturated carbocycles. The summed E-state index contributed by atoms with van der Waals surface area (Å²) < 4.78 is 27.4. The molecule has 5 heteroatoms. The standard InChI is InChI=1S/C16H26N2O2S/c1-4-6-14-9-10-18(12-14)21(19,20)16-8-5-7-15(11-17-3)13(16)2/h5,7-8,14,17H,4,6,9-12H2,1-3H3. The SMILES string of the molecule is CCCC1CCN(S(=O)(=O)c2cccc(CNC)c2C)C1. The molecule has 0 aliphatic carbocycles. The van der Waals surface area contributed by atoms with E-state index in [1.807, 2.05) is 26.1 Å². The van der Waals surface area contributed by atoms with E-state index in [0.717, 1.165) is 30.4 Å². The molecule has 2 rings (SSSR count). The molecular weight excluding hydrogens is 284 g/mol. The molecule has 0 bridgehead atoms. The molecule has 1 N–H and O–H groups in total. The quantitative estimate of drug-likeness (QED) is 0.878. The highest BCUT2D eigenvalue weighted by Gasteiger charge is 2.33. The maximum absolute atomic E-state index is 12.9. The van der Waals surface area contributed by atoms with Crippen LogP contribution in [0.4, 0.5) is 0 Å². The largest absolute Gasteiger partial charge is 0.316 e. The molecular formula is C16H26N2O2S. The number of sulfonamides is 1. The van der Waals surface area contributed by atoms with Crippen molar-refractivity contribution < 1.29 is 8.42 Å². The van der Waals surface area contributed by atoms with Crippen LogP contribution < -0.4 is 5.32 Å². The fourth-order valence-electron chi connectivity index (χ4n) is 3.12. The first-order valence-electron chi connectivity index (χ1n) is 7.74. The third-order valence-electron chi connectivity index (χ3n) is 4.33. The van der Waals surface area contributed by atoms with Gasteiger partial charge in [0.05, 0.1) is 4.90 Å².